The van der Waals surface area contributed by atoms with Crippen LogP contribution in [-0.2, 0) is 11.3 Å². The molecule has 0 spiro atoms. The molecule has 2 aromatic rings. The Kier molecular flexibility index (Phi) is 4.74. The van der Waals surface area contributed by atoms with Gasteiger partial charge in [0.05, 0.1) is 15.9 Å². The number of benzene rings is 1. The number of thioether (sulfide) groups is 1. The highest BCUT2D eigenvalue weighted by Crippen LogP contribution is 2.34. The van der Waals surface area contributed by atoms with Crippen LogP contribution in [0.4, 0.5) is 4.79 Å². The summed E-state index contributed by atoms with van der Waals surface area (Å²) in [6.45, 7) is 0.280. The molecule has 0 aliphatic carbocycles. The summed E-state index contributed by atoms with van der Waals surface area (Å²) in [6.07, 6.45) is 1.60. The van der Waals surface area contributed by atoms with Crippen molar-refractivity contribution in [2.24, 2.45) is 0 Å². The Labute approximate surface area is 153 Å². The number of nitrogens with zero attached hydrogens (tertiary/aromatic N) is 1. The maximum atomic E-state index is 12.4. The molecule has 1 aliphatic heterocycles. The third kappa shape index (κ3) is 3.31. The standard InChI is InChI=1S/C15H9BrINO3S/c16-11-6-10(21-13(11)17)7-12-14(19)18(15(20)22-12)8-9-4-2-1-3-5-9/h1-7H,8H2/b12-7-. The fraction of sp³-hybridized carbons (Fsp3) is 0.0667. The number of hydrogen-bond donors (Lipinski definition) is 0. The molecule has 112 valence electrons. The van der Waals surface area contributed by atoms with Crippen LogP contribution in [0.2, 0.25) is 0 Å². The molecular weight excluding hydrogens is 481 g/mol. The van der Waals surface area contributed by atoms with Gasteiger partial charge in [0.1, 0.15) is 5.76 Å². The predicted octanol–water partition coefficient (Wildman–Crippen LogP) is 4.88. The molecule has 7 heteroatoms. The van der Waals surface area contributed by atoms with Crippen molar-refractivity contribution in [3.8, 4) is 0 Å². The number of rotatable bonds is 3. The lowest BCUT2D eigenvalue weighted by Crippen LogP contribution is -2.27. The van der Waals surface area contributed by atoms with Crippen LogP contribution in [0.5, 0.6) is 0 Å². The Hall–Kier alpha value is -1.06. The van der Waals surface area contributed by atoms with Crippen molar-refractivity contribution in [3.05, 3.63) is 60.9 Å². The molecule has 0 atom stereocenters. The molecule has 2 heterocycles. The average Bonchev–Trinajstić information content (AvgIpc) is 2.94. The third-order valence-corrected chi connectivity index (χ3v) is 6.03. The van der Waals surface area contributed by atoms with E-state index in [1.54, 1.807) is 12.1 Å². The summed E-state index contributed by atoms with van der Waals surface area (Å²) in [4.78, 5) is 26.0. The first-order valence-electron chi connectivity index (χ1n) is 6.29. The maximum Gasteiger partial charge on any atom is 0.293 e. The van der Waals surface area contributed by atoms with Crippen LogP contribution in [0.15, 0.2) is 50.2 Å². The number of amides is 2. The normalized spacial score (nSPS) is 16.8. The summed E-state index contributed by atoms with van der Waals surface area (Å²) in [5.41, 5.74) is 0.918. The van der Waals surface area contributed by atoms with Gasteiger partial charge in [-0.05, 0) is 39.3 Å². The van der Waals surface area contributed by atoms with Gasteiger partial charge in [0.25, 0.3) is 11.1 Å². The van der Waals surface area contributed by atoms with Crippen LogP contribution < -0.4 is 0 Å². The molecule has 2 amide bonds. The van der Waals surface area contributed by atoms with E-state index >= 15 is 0 Å². The van der Waals surface area contributed by atoms with Gasteiger partial charge < -0.3 is 4.42 Å². The highest BCUT2D eigenvalue weighted by molar-refractivity contribution is 14.1. The molecule has 1 aromatic heterocycles. The monoisotopic (exact) mass is 489 g/mol. The van der Waals surface area contributed by atoms with E-state index in [-0.39, 0.29) is 17.7 Å². The van der Waals surface area contributed by atoms with Crippen molar-refractivity contribution in [2.75, 3.05) is 0 Å². The van der Waals surface area contributed by atoms with E-state index in [9.17, 15) is 9.59 Å². The van der Waals surface area contributed by atoms with E-state index in [1.165, 1.54) is 4.90 Å². The van der Waals surface area contributed by atoms with E-state index in [2.05, 4.69) is 15.9 Å². The molecule has 3 rings (SSSR count). The van der Waals surface area contributed by atoms with Crippen molar-refractivity contribution < 1.29 is 14.0 Å². The van der Waals surface area contributed by atoms with E-state index in [1.807, 2.05) is 52.9 Å². The summed E-state index contributed by atoms with van der Waals surface area (Å²) in [7, 11) is 0. The van der Waals surface area contributed by atoms with Crippen LogP contribution in [0.3, 0.4) is 0 Å². The number of carbonyl (C=O) groups is 2. The van der Waals surface area contributed by atoms with Gasteiger partial charge in [0.2, 0.25) is 0 Å². The predicted molar refractivity (Wildman–Crippen MR) is 97.1 cm³/mol. The Balaban J connectivity index is 1.82. The van der Waals surface area contributed by atoms with Crippen LogP contribution >= 0.6 is 50.3 Å². The van der Waals surface area contributed by atoms with Gasteiger partial charge in [-0.1, -0.05) is 30.3 Å². The second-order valence-electron chi connectivity index (χ2n) is 4.52. The van der Waals surface area contributed by atoms with E-state index in [4.69, 9.17) is 4.42 Å². The number of carbonyl (C=O) groups excluding carboxylic acids is 2. The summed E-state index contributed by atoms with van der Waals surface area (Å²) in [6, 6.07) is 11.2. The van der Waals surface area contributed by atoms with Crippen LogP contribution in [-0.4, -0.2) is 16.0 Å². The number of imide groups is 1. The Morgan fingerprint density at radius 1 is 1.27 bits per heavy atom. The molecule has 4 nitrogen and oxygen atoms in total. The van der Waals surface area contributed by atoms with E-state index < -0.39 is 0 Å². The Bertz CT molecular complexity index is 753. The molecular formula is C15H9BrINO3S. The minimum Gasteiger partial charge on any atom is -0.450 e. The third-order valence-electron chi connectivity index (χ3n) is 2.99. The fourth-order valence-electron chi connectivity index (χ4n) is 1.97. The minimum atomic E-state index is -0.290. The number of furan rings is 1. The van der Waals surface area contributed by atoms with Gasteiger partial charge in [-0.2, -0.15) is 0 Å². The first kappa shape index (κ1) is 15.8. The molecule has 0 N–H and O–H groups in total. The molecule has 1 saturated heterocycles. The van der Waals surface area contributed by atoms with Gasteiger partial charge in [0, 0.05) is 28.7 Å². The first-order valence-corrected chi connectivity index (χ1v) is 8.97. The lowest BCUT2D eigenvalue weighted by Gasteiger charge is -2.11. The topological polar surface area (TPSA) is 50.5 Å². The second kappa shape index (κ2) is 6.59. The first-order chi connectivity index (χ1) is 10.5. The fourth-order valence-corrected chi connectivity index (χ4v) is 3.50. The van der Waals surface area contributed by atoms with Crippen molar-refractivity contribution in [1.29, 1.82) is 0 Å². The number of halogens is 2. The molecule has 0 saturated carbocycles. The SMILES string of the molecule is O=C1S/C(=C\c2cc(Br)c(I)o2)C(=O)N1Cc1ccccc1. The molecule has 22 heavy (non-hydrogen) atoms. The summed E-state index contributed by atoms with van der Waals surface area (Å²) in [5.74, 6) is 0.253. The Morgan fingerprint density at radius 2 is 2.00 bits per heavy atom. The van der Waals surface area contributed by atoms with Crippen molar-refractivity contribution in [2.45, 2.75) is 6.54 Å². The highest BCUT2D eigenvalue weighted by Gasteiger charge is 2.35. The maximum absolute atomic E-state index is 12.4. The summed E-state index contributed by atoms with van der Waals surface area (Å²) < 4.78 is 7.00. The molecule has 1 aliphatic rings. The van der Waals surface area contributed by atoms with Crippen molar-refractivity contribution >= 4 is 67.5 Å². The zero-order valence-corrected chi connectivity index (χ0v) is 15.6. The van der Waals surface area contributed by atoms with Crippen molar-refractivity contribution in [3.63, 3.8) is 0 Å². The molecule has 0 radical (unpaired) electrons. The van der Waals surface area contributed by atoms with Gasteiger partial charge in [-0.3, -0.25) is 14.5 Å². The smallest absolute Gasteiger partial charge is 0.293 e. The molecule has 0 unspecified atom stereocenters. The van der Waals surface area contributed by atoms with Gasteiger partial charge in [-0.25, -0.2) is 0 Å². The van der Waals surface area contributed by atoms with Crippen LogP contribution in [0.25, 0.3) is 6.08 Å². The minimum absolute atomic E-state index is 0.263. The molecule has 1 aromatic carbocycles. The zero-order valence-electron chi connectivity index (χ0n) is 11.1. The zero-order chi connectivity index (χ0) is 15.7. The van der Waals surface area contributed by atoms with Crippen LogP contribution in [0, 0.1) is 3.77 Å². The van der Waals surface area contributed by atoms with E-state index in [0.29, 0.717) is 14.4 Å². The lowest BCUT2D eigenvalue weighted by molar-refractivity contribution is -0.123. The van der Waals surface area contributed by atoms with Gasteiger partial charge >= 0.3 is 0 Å². The van der Waals surface area contributed by atoms with Gasteiger partial charge in [-0.15, -0.1) is 0 Å². The summed E-state index contributed by atoms with van der Waals surface area (Å²) >= 11 is 6.33. The van der Waals surface area contributed by atoms with Gasteiger partial charge in [0.15, 0.2) is 3.77 Å². The second-order valence-corrected chi connectivity index (χ2v) is 7.35. The lowest BCUT2D eigenvalue weighted by atomic mass is 10.2. The highest BCUT2D eigenvalue weighted by atomic mass is 127. The van der Waals surface area contributed by atoms with Crippen molar-refractivity contribution in [1.82, 2.24) is 4.90 Å². The quantitative estimate of drug-likeness (QED) is 0.455. The molecule has 0 bridgehead atoms. The summed E-state index contributed by atoms with van der Waals surface area (Å²) in [5, 5.41) is -0.263. The molecule has 1 fully saturated rings. The number of hydrogen-bond acceptors (Lipinski definition) is 4. The average molecular weight is 490 g/mol. The van der Waals surface area contributed by atoms with E-state index in [0.717, 1.165) is 21.8 Å². The van der Waals surface area contributed by atoms with Crippen LogP contribution in [0.1, 0.15) is 11.3 Å². The Morgan fingerprint density at radius 3 is 2.64 bits per heavy atom. The largest absolute Gasteiger partial charge is 0.450 e.